The average molecular weight is 271 g/mol. The van der Waals surface area contributed by atoms with E-state index in [1.165, 1.54) is 6.26 Å². The number of anilines is 1. The maximum atomic E-state index is 11.2. The molecule has 0 radical (unpaired) electrons. The van der Waals surface area contributed by atoms with Crippen molar-refractivity contribution >= 4 is 15.5 Å². The number of rotatable bonds is 6. The minimum absolute atomic E-state index is 0.111. The second-order valence-electron chi connectivity index (χ2n) is 4.53. The summed E-state index contributed by atoms with van der Waals surface area (Å²) in [4.78, 5) is 1.87. The highest BCUT2D eigenvalue weighted by Gasteiger charge is 2.14. The van der Waals surface area contributed by atoms with E-state index in [9.17, 15) is 13.5 Å². The molecule has 18 heavy (non-hydrogen) atoms. The third-order valence-corrected chi connectivity index (χ3v) is 3.82. The molecule has 0 aromatic heterocycles. The molecular weight excluding hydrogens is 250 g/mol. The van der Waals surface area contributed by atoms with E-state index in [-0.39, 0.29) is 5.75 Å². The Bertz CT molecular complexity index is 485. The summed E-state index contributed by atoms with van der Waals surface area (Å²) >= 11 is 0. The molecule has 0 fully saturated rings. The third-order valence-electron chi connectivity index (χ3n) is 2.89. The average Bonchev–Trinajstić information content (AvgIpc) is 2.34. The van der Waals surface area contributed by atoms with Gasteiger partial charge in [-0.3, -0.25) is 0 Å². The summed E-state index contributed by atoms with van der Waals surface area (Å²) < 4.78 is 22.3. The molecule has 0 aliphatic heterocycles. The fourth-order valence-corrected chi connectivity index (χ4v) is 2.37. The van der Waals surface area contributed by atoms with Crippen LogP contribution in [-0.2, 0) is 9.84 Å². The smallest absolute Gasteiger partial charge is 0.149 e. The van der Waals surface area contributed by atoms with Gasteiger partial charge in [-0.05, 0) is 12.5 Å². The highest BCUT2D eigenvalue weighted by Crippen LogP contribution is 2.27. The van der Waals surface area contributed by atoms with Crippen LogP contribution in [0, 0.1) is 0 Å². The standard InChI is InChI=1S/C13H21NO3S/c1-4-13(15)11-7-5-6-8-12(11)14(2)9-10-18(3,16)17/h5-8,13,15H,4,9-10H2,1-3H3/t13-/m1/s1. The Balaban J connectivity index is 2.88. The van der Waals surface area contributed by atoms with Gasteiger partial charge in [0.2, 0.25) is 0 Å². The van der Waals surface area contributed by atoms with Gasteiger partial charge in [0.1, 0.15) is 9.84 Å². The number of aliphatic hydroxyl groups excluding tert-OH is 1. The summed E-state index contributed by atoms with van der Waals surface area (Å²) in [5.74, 6) is 0.111. The maximum Gasteiger partial charge on any atom is 0.149 e. The molecule has 1 N–H and O–H groups in total. The Morgan fingerprint density at radius 1 is 1.33 bits per heavy atom. The molecule has 1 aromatic carbocycles. The molecule has 1 rings (SSSR count). The van der Waals surface area contributed by atoms with Crippen LogP contribution in [-0.4, -0.2) is 39.1 Å². The third kappa shape index (κ3) is 4.31. The minimum atomic E-state index is -2.97. The van der Waals surface area contributed by atoms with Crippen LogP contribution in [0.4, 0.5) is 5.69 Å². The van der Waals surface area contributed by atoms with E-state index in [1.54, 1.807) is 0 Å². The lowest BCUT2D eigenvalue weighted by molar-refractivity contribution is 0.174. The Kier molecular flexibility index (Phi) is 5.16. The quantitative estimate of drug-likeness (QED) is 0.854. The first kappa shape index (κ1) is 15.0. The van der Waals surface area contributed by atoms with Crippen molar-refractivity contribution in [3.8, 4) is 0 Å². The van der Waals surface area contributed by atoms with Crippen molar-refractivity contribution in [1.82, 2.24) is 0 Å². The molecule has 4 nitrogen and oxygen atoms in total. The van der Waals surface area contributed by atoms with Gasteiger partial charge in [0.05, 0.1) is 11.9 Å². The largest absolute Gasteiger partial charge is 0.388 e. The van der Waals surface area contributed by atoms with Gasteiger partial charge in [0.25, 0.3) is 0 Å². The van der Waals surface area contributed by atoms with Crippen molar-refractivity contribution in [3.05, 3.63) is 29.8 Å². The van der Waals surface area contributed by atoms with Gasteiger partial charge in [0, 0.05) is 31.1 Å². The predicted molar refractivity (Wildman–Crippen MR) is 74.7 cm³/mol. The van der Waals surface area contributed by atoms with E-state index in [0.717, 1.165) is 11.3 Å². The lowest BCUT2D eigenvalue weighted by Gasteiger charge is -2.24. The van der Waals surface area contributed by atoms with Gasteiger partial charge in [-0.2, -0.15) is 0 Å². The van der Waals surface area contributed by atoms with Gasteiger partial charge in [-0.15, -0.1) is 0 Å². The molecular formula is C13H21NO3S. The molecule has 0 saturated heterocycles. The number of hydrogen-bond acceptors (Lipinski definition) is 4. The molecule has 1 atom stereocenters. The minimum Gasteiger partial charge on any atom is -0.388 e. The van der Waals surface area contributed by atoms with Crippen LogP contribution in [0.5, 0.6) is 0 Å². The summed E-state index contributed by atoms with van der Waals surface area (Å²) in [7, 11) is -1.13. The predicted octanol–water partition coefficient (Wildman–Crippen LogP) is 1.61. The van der Waals surface area contributed by atoms with Crippen LogP contribution < -0.4 is 4.90 Å². The van der Waals surface area contributed by atoms with Gasteiger partial charge >= 0.3 is 0 Å². The molecule has 0 aliphatic rings. The van der Waals surface area contributed by atoms with E-state index >= 15 is 0 Å². The highest BCUT2D eigenvalue weighted by atomic mass is 32.2. The zero-order valence-corrected chi connectivity index (χ0v) is 11.9. The van der Waals surface area contributed by atoms with Crippen molar-refractivity contribution in [1.29, 1.82) is 0 Å². The monoisotopic (exact) mass is 271 g/mol. The van der Waals surface area contributed by atoms with E-state index in [0.29, 0.717) is 13.0 Å². The first-order chi connectivity index (χ1) is 8.35. The van der Waals surface area contributed by atoms with E-state index in [2.05, 4.69) is 0 Å². The zero-order valence-electron chi connectivity index (χ0n) is 11.1. The number of hydrogen-bond donors (Lipinski definition) is 1. The van der Waals surface area contributed by atoms with Crippen molar-refractivity contribution in [3.63, 3.8) is 0 Å². The number of benzene rings is 1. The Morgan fingerprint density at radius 3 is 2.50 bits per heavy atom. The Hall–Kier alpha value is -1.07. The van der Waals surface area contributed by atoms with Crippen LogP contribution in [0.3, 0.4) is 0 Å². The van der Waals surface area contributed by atoms with Gasteiger partial charge in [-0.1, -0.05) is 25.1 Å². The van der Waals surface area contributed by atoms with Crippen molar-refractivity contribution < 1.29 is 13.5 Å². The van der Waals surface area contributed by atoms with Crippen molar-refractivity contribution in [2.75, 3.05) is 30.5 Å². The van der Waals surface area contributed by atoms with Gasteiger partial charge in [-0.25, -0.2) is 8.42 Å². The fourth-order valence-electron chi connectivity index (χ4n) is 1.76. The number of para-hydroxylation sites is 1. The topological polar surface area (TPSA) is 57.6 Å². The van der Waals surface area contributed by atoms with Crippen molar-refractivity contribution in [2.45, 2.75) is 19.4 Å². The number of nitrogens with zero attached hydrogens (tertiary/aromatic N) is 1. The molecule has 5 heteroatoms. The summed E-state index contributed by atoms with van der Waals surface area (Å²) in [5.41, 5.74) is 1.73. The van der Waals surface area contributed by atoms with E-state index in [4.69, 9.17) is 0 Å². The van der Waals surface area contributed by atoms with Crippen LogP contribution >= 0.6 is 0 Å². The van der Waals surface area contributed by atoms with E-state index in [1.807, 2.05) is 43.1 Å². The summed E-state index contributed by atoms with van der Waals surface area (Å²) in [6, 6.07) is 7.54. The maximum absolute atomic E-state index is 11.2. The molecule has 102 valence electrons. The van der Waals surface area contributed by atoms with Crippen LogP contribution in [0.1, 0.15) is 25.0 Å². The Morgan fingerprint density at radius 2 is 1.94 bits per heavy atom. The molecule has 0 saturated carbocycles. The molecule has 0 bridgehead atoms. The zero-order chi connectivity index (χ0) is 13.8. The van der Waals surface area contributed by atoms with Crippen LogP contribution in [0.2, 0.25) is 0 Å². The summed E-state index contributed by atoms with van der Waals surface area (Å²) in [6.45, 7) is 2.34. The molecule has 0 spiro atoms. The second-order valence-corrected chi connectivity index (χ2v) is 6.79. The number of sulfone groups is 1. The molecule has 0 aliphatic carbocycles. The lowest BCUT2D eigenvalue weighted by Crippen LogP contribution is -2.26. The highest BCUT2D eigenvalue weighted by molar-refractivity contribution is 7.90. The van der Waals surface area contributed by atoms with E-state index < -0.39 is 15.9 Å². The Labute approximate surface area is 109 Å². The SMILES string of the molecule is CC[C@@H](O)c1ccccc1N(C)CCS(C)(=O)=O. The summed E-state index contributed by atoms with van der Waals surface area (Å²) in [5, 5.41) is 9.94. The first-order valence-corrected chi connectivity index (χ1v) is 8.07. The van der Waals surface area contributed by atoms with Gasteiger partial charge in [0.15, 0.2) is 0 Å². The fraction of sp³-hybridized carbons (Fsp3) is 0.538. The molecule has 0 heterocycles. The first-order valence-electron chi connectivity index (χ1n) is 6.01. The molecule has 1 aromatic rings. The molecule has 0 unspecified atom stereocenters. The normalized spacial score (nSPS) is 13.3. The van der Waals surface area contributed by atoms with Gasteiger partial charge < -0.3 is 10.0 Å². The van der Waals surface area contributed by atoms with Crippen molar-refractivity contribution in [2.24, 2.45) is 0 Å². The lowest BCUT2D eigenvalue weighted by atomic mass is 10.0. The number of aliphatic hydroxyl groups is 1. The second kappa shape index (κ2) is 6.20. The summed E-state index contributed by atoms with van der Waals surface area (Å²) in [6.07, 6.45) is 1.35. The van der Waals surface area contributed by atoms with Crippen LogP contribution in [0.15, 0.2) is 24.3 Å². The molecule has 0 amide bonds. The van der Waals surface area contributed by atoms with Crippen LogP contribution in [0.25, 0.3) is 0 Å².